The lowest BCUT2D eigenvalue weighted by Gasteiger charge is -2.35. The minimum Gasteiger partial charge on any atom is -0.519 e. The summed E-state index contributed by atoms with van der Waals surface area (Å²) in [4.78, 5) is 45.6. The van der Waals surface area contributed by atoms with Crippen molar-refractivity contribution in [3.8, 4) is 0 Å². The van der Waals surface area contributed by atoms with Crippen LogP contribution in [-0.2, 0) is 32.5 Å². The highest BCUT2D eigenvalue weighted by atomic mass is 28.4. The van der Waals surface area contributed by atoms with Crippen LogP contribution in [0.5, 0.6) is 0 Å². The number of aliphatic hydroxyl groups is 6. The normalized spacial score (nSPS) is 23.4. The van der Waals surface area contributed by atoms with Gasteiger partial charge in [-0.25, -0.2) is 0 Å². The zero-order valence-electron chi connectivity index (χ0n) is 62.4. The molecule has 0 aromatic heterocycles. The molecule has 0 radical (unpaired) electrons. The van der Waals surface area contributed by atoms with Gasteiger partial charge in [0.15, 0.2) is 16.6 Å². The first-order valence-corrected chi connectivity index (χ1v) is 46.2. The summed E-state index contributed by atoms with van der Waals surface area (Å²) >= 11 is 0. The number of unbranched alkanes of at least 4 members (excludes halogenated alkanes) is 9. The molecule has 588 valence electrons. The van der Waals surface area contributed by atoms with E-state index in [4.69, 9.17) is 23.5 Å². The standard InChI is InChI=1S/C38H76O5Si3.C20H34O5.C20H32O5.4CH4/c1-11-21-24-27-33(41-44(12-2,13-3)14-4)30-31-35-34(36(39)32-37(35)42-45(15-5,16-6)17-7)28-25-22-23-26-29-38(40)43-46(18-8,19-9)20-10;2*1-2-3-6-9-15(21)12-13-17-16(18(22)14-19(17)23)10-7-4-5-8-11-20(24)25;;;;/h22,25,30-31,33-37,39H,11-21,23-24,26-29,32H2,1-10H3;4,7,12-13,15-19,21-23H,2-3,5-6,8-11,14H2,1H3,(H,24,25);4,7,12-13,15-17,19,21,23H,2-3,5-6,8-11,14H2,1H3,(H,24,25);4*1H4/b25-22-,31-30+;2*7-4-,13-12+;;;;/t33-,34+,35+,36-,37+;15-,16+,17+,18-,19+;15-,16+,17+,19+;;;;/m000..../s1. The van der Waals surface area contributed by atoms with Gasteiger partial charge >= 0.3 is 11.9 Å². The molecule has 8 N–H and O–H groups in total. The Morgan fingerprint density at radius 1 is 0.450 bits per heavy atom. The van der Waals surface area contributed by atoms with Crippen molar-refractivity contribution in [2.75, 3.05) is 0 Å². The van der Waals surface area contributed by atoms with E-state index >= 15 is 0 Å². The first-order valence-electron chi connectivity index (χ1n) is 38.6. The molecule has 0 saturated heterocycles. The van der Waals surface area contributed by atoms with Gasteiger partial charge in [0.1, 0.15) is 5.78 Å². The number of carboxylic acid groups (broad SMARTS) is 2. The fourth-order valence-electron chi connectivity index (χ4n) is 14.1. The van der Waals surface area contributed by atoms with Gasteiger partial charge in [-0.2, -0.15) is 0 Å². The van der Waals surface area contributed by atoms with Crippen molar-refractivity contribution >= 4 is 48.6 Å². The van der Waals surface area contributed by atoms with Gasteiger partial charge in [0, 0.05) is 55.8 Å². The molecular formula is C82H158O15Si3. The Hall–Kier alpha value is -3.15. The van der Waals surface area contributed by atoms with Crippen LogP contribution in [0.2, 0.25) is 54.4 Å². The molecule has 0 aliphatic heterocycles. The van der Waals surface area contributed by atoms with E-state index in [-0.39, 0.29) is 115 Å². The third kappa shape index (κ3) is 40.4. The maximum absolute atomic E-state index is 12.6. The lowest BCUT2D eigenvalue weighted by atomic mass is 9.89. The average Bonchev–Trinajstić information content (AvgIpc) is 1.66. The number of carbonyl (C=O) groups is 4. The Morgan fingerprint density at radius 2 is 0.850 bits per heavy atom. The molecule has 0 unspecified atom stereocenters. The molecule has 15 nitrogen and oxygen atoms in total. The molecule has 14 atom stereocenters. The summed E-state index contributed by atoms with van der Waals surface area (Å²) in [5.41, 5.74) is 0. The van der Waals surface area contributed by atoms with Gasteiger partial charge in [-0.05, 0) is 150 Å². The van der Waals surface area contributed by atoms with Gasteiger partial charge < -0.3 is 54.1 Å². The summed E-state index contributed by atoms with van der Waals surface area (Å²) in [5, 5.41) is 79.1. The smallest absolute Gasteiger partial charge is 0.303 e. The molecule has 0 heterocycles. The SMILES string of the molecule is C.C.C.C.CCCCC[C@@H](/C=C/[C@@H]1[C@@H](C/C=C\CCCC(=O)O[Si](CC)(CC)CC)[C@@H](O)C[C@H]1O[Si](CC)(CC)CC)O[Si](CC)(CC)CC.CCCCC[C@H](O)/C=C/[C@@H]1[C@@H](C/C=C\CCCC(=O)O)[C@@H](O)C[C@H]1O.CCCCC[C@H](O)/C=C/[C@H]1[C@H](O)CC(=O)[C@@H]1C/C=C\CCCC(=O)O. The summed E-state index contributed by atoms with van der Waals surface area (Å²) < 4.78 is 20.2. The lowest BCUT2D eigenvalue weighted by molar-refractivity contribution is -0.138. The largest absolute Gasteiger partial charge is 0.519 e. The Balaban J connectivity index is -0.000000729. The molecule has 100 heavy (non-hydrogen) atoms. The minimum absolute atomic E-state index is 0. The van der Waals surface area contributed by atoms with E-state index in [0.717, 1.165) is 125 Å². The van der Waals surface area contributed by atoms with Crippen LogP contribution in [0.4, 0.5) is 0 Å². The molecule has 3 aliphatic rings. The van der Waals surface area contributed by atoms with Gasteiger partial charge in [-0.1, -0.05) is 243 Å². The molecule has 3 aliphatic carbocycles. The van der Waals surface area contributed by atoms with E-state index in [1.165, 1.54) is 19.3 Å². The van der Waals surface area contributed by atoms with Crippen LogP contribution in [0.25, 0.3) is 0 Å². The second-order valence-electron chi connectivity index (χ2n) is 28.0. The Bertz CT molecular complexity index is 2220. The third-order valence-corrected chi connectivity index (χ3v) is 35.3. The maximum atomic E-state index is 12.6. The number of ketones is 1. The first-order chi connectivity index (χ1) is 46.0. The van der Waals surface area contributed by atoms with Crippen molar-refractivity contribution in [1.82, 2.24) is 0 Å². The summed E-state index contributed by atoms with van der Waals surface area (Å²) in [6.07, 6.45) is 41.9. The molecule has 3 saturated carbocycles. The number of Topliss-reactive ketones (excluding diaryl/α,β-unsaturated/α-hetero) is 1. The quantitative estimate of drug-likeness (QED) is 0.0160. The zero-order valence-corrected chi connectivity index (χ0v) is 65.4. The van der Waals surface area contributed by atoms with E-state index in [2.05, 4.69) is 107 Å². The van der Waals surface area contributed by atoms with Crippen molar-refractivity contribution in [2.45, 2.75) is 389 Å². The van der Waals surface area contributed by atoms with Crippen LogP contribution in [-0.4, -0.2) is 138 Å². The molecule has 0 spiro atoms. The van der Waals surface area contributed by atoms with E-state index < -0.39 is 67.4 Å². The zero-order chi connectivity index (χ0) is 72.0. The number of rotatable bonds is 50. The number of hydrogen-bond acceptors (Lipinski definition) is 13. The fourth-order valence-corrected chi connectivity index (χ4v) is 22.4. The van der Waals surface area contributed by atoms with Gasteiger partial charge in [0.25, 0.3) is 14.3 Å². The number of aliphatic hydroxyl groups excluding tert-OH is 6. The predicted molar refractivity (Wildman–Crippen MR) is 428 cm³/mol. The second-order valence-corrected chi connectivity index (χ2v) is 42.1. The monoisotopic (exact) mass is 1470 g/mol. The van der Waals surface area contributed by atoms with Crippen molar-refractivity contribution in [3.05, 3.63) is 72.9 Å². The van der Waals surface area contributed by atoms with E-state index in [1.54, 1.807) is 18.2 Å². The van der Waals surface area contributed by atoms with Gasteiger partial charge in [0.2, 0.25) is 0 Å². The minimum atomic E-state index is -1.89. The first kappa shape index (κ1) is 103. The summed E-state index contributed by atoms with van der Waals surface area (Å²) in [6.45, 7) is 26.8. The molecule has 0 bridgehead atoms. The maximum Gasteiger partial charge on any atom is 0.303 e. The summed E-state index contributed by atoms with van der Waals surface area (Å²) in [7, 11) is -5.47. The number of carbonyl (C=O) groups excluding carboxylic acids is 2. The van der Waals surface area contributed by atoms with E-state index in [1.807, 2.05) is 30.4 Å². The second kappa shape index (κ2) is 60.0. The van der Waals surface area contributed by atoms with Crippen LogP contribution >= 0.6 is 0 Å². The van der Waals surface area contributed by atoms with Crippen molar-refractivity contribution in [1.29, 1.82) is 0 Å². The molecule has 0 aromatic carbocycles. The van der Waals surface area contributed by atoms with Gasteiger partial charge in [-0.15, -0.1) is 0 Å². The van der Waals surface area contributed by atoms with E-state index in [9.17, 15) is 49.8 Å². The fraction of sp³-hybridized carbons (Fsp3) is 0.805. The number of allylic oxidation sites excluding steroid dienone is 6. The molecule has 3 fully saturated rings. The number of hydrogen-bond donors (Lipinski definition) is 8. The number of aliphatic carboxylic acids is 2. The van der Waals surface area contributed by atoms with E-state index in [0.29, 0.717) is 64.2 Å². The van der Waals surface area contributed by atoms with Gasteiger partial charge in [0.05, 0.1) is 48.8 Å². The lowest BCUT2D eigenvalue weighted by Crippen LogP contribution is -2.41. The Kier molecular flexibility index (Phi) is 62.0. The van der Waals surface area contributed by atoms with Crippen molar-refractivity contribution in [2.24, 2.45) is 35.5 Å². The molecular weight excluding hydrogens is 1310 g/mol. The van der Waals surface area contributed by atoms with Crippen LogP contribution < -0.4 is 0 Å². The highest BCUT2D eigenvalue weighted by Crippen LogP contribution is 2.42. The Morgan fingerprint density at radius 3 is 1.29 bits per heavy atom. The topological polar surface area (TPSA) is 258 Å². The van der Waals surface area contributed by atoms with Crippen LogP contribution in [0.1, 0.15) is 286 Å². The van der Waals surface area contributed by atoms with Gasteiger partial charge in [-0.3, -0.25) is 19.2 Å². The molecule has 0 amide bonds. The highest BCUT2D eigenvalue weighted by molar-refractivity contribution is 6.75. The predicted octanol–water partition coefficient (Wildman–Crippen LogP) is 20.4. The van der Waals surface area contributed by atoms with Crippen LogP contribution in [0.15, 0.2) is 72.9 Å². The molecule has 0 aromatic rings. The Labute approximate surface area is 616 Å². The van der Waals surface area contributed by atoms with Crippen LogP contribution in [0, 0.1) is 35.5 Å². The third-order valence-electron chi connectivity index (χ3n) is 21.4. The number of carboxylic acids is 2. The van der Waals surface area contributed by atoms with Crippen molar-refractivity contribution in [3.63, 3.8) is 0 Å². The highest BCUT2D eigenvalue weighted by Gasteiger charge is 2.46. The molecule has 3 rings (SSSR count). The van der Waals surface area contributed by atoms with Crippen LogP contribution in [0.3, 0.4) is 0 Å². The summed E-state index contributed by atoms with van der Waals surface area (Å²) in [5.74, 6) is -1.97. The molecule has 18 heteroatoms. The summed E-state index contributed by atoms with van der Waals surface area (Å²) in [6, 6.07) is 9.83. The van der Waals surface area contributed by atoms with Crippen molar-refractivity contribution < 1.29 is 73.3 Å². The average molecular weight is 1470 g/mol.